The van der Waals surface area contributed by atoms with Crippen LogP contribution in [0.3, 0.4) is 0 Å². The summed E-state index contributed by atoms with van der Waals surface area (Å²) in [4.78, 5) is 16.9. The summed E-state index contributed by atoms with van der Waals surface area (Å²) in [5.41, 5.74) is 0.895. The molecule has 2 atom stereocenters. The van der Waals surface area contributed by atoms with Gasteiger partial charge in [-0.25, -0.2) is 9.97 Å². The standard InChI is InChI=1S/C16H21N5O/c1-2-6-20-7-4-14-13(10-20)21(8-9-22-14)16-12-3-5-17-15(12)18-11-19-16/h2-3,5,11,13-14H,1,4,6-10H2,(H,17,18,19). The number of anilines is 1. The number of nitrogens with one attached hydrogen (secondary N) is 1. The molecule has 0 aliphatic carbocycles. The predicted molar refractivity (Wildman–Crippen MR) is 86.0 cm³/mol. The van der Waals surface area contributed by atoms with E-state index in [0.29, 0.717) is 12.1 Å². The topological polar surface area (TPSA) is 57.3 Å². The van der Waals surface area contributed by atoms with Gasteiger partial charge in [0.25, 0.3) is 0 Å². The lowest BCUT2D eigenvalue weighted by atomic mass is 9.98. The fraction of sp³-hybridized carbons (Fsp3) is 0.500. The molecule has 0 radical (unpaired) electrons. The molecule has 116 valence electrons. The minimum atomic E-state index is 0.291. The second-order valence-corrected chi connectivity index (χ2v) is 5.94. The number of aromatic amines is 1. The number of morpholine rings is 1. The number of rotatable bonds is 3. The summed E-state index contributed by atoms with van der Waals surface area (Å²) in [7, 11) is 0. The SMILES string of the molecule is C=CCN1CCC2OCCN(c3ncnc4[nH]ccc34)C2C1. The van der Waals surface area contributed by atoms with Gasteiger partial charge in [-0.2, -0.15) is 0 Å². The van der Waals surface area contributed by atoms with E-state index in [1.165, 1.54) is 0 Å². The van der Waals surface area contributed by atoms with Crippen LogP contribution in [0.5, 0.6) is 0 Å². The number of ether oxygens (including phenoxy) is 1. The van der Waals surface area contributed by atoms with E-state index in [2.05, 4.69) is 37.4 Å². The molecule has 2 aromatic heterocycles. The van der Waals surface area contributed by atoms with E-state index in [-0.39, 0.29) is 0 Å². The van der Waals surface area contributed by atoms with Gasteiger partial charge < -0.3 is 14.6 Å². The molecule has 6 heteroatoms. The maximum atomic E-state index is 6.01. The Balaban J connectivity index is 1.67. The smallest absolute Gasteiger partial charge is 0.142 e. The molecule has 4 rings (SSSR count). The van der Waals surface area contributed by atoms with E-state index in [1.54, 1.807) is 6.33 Å². The first-order chi connectivity index (χ1) is 10.9. The largest absolute Gasteiger partial charge is 0.374 e. The highest BCUT2D eigenvalue weighted by Gasteiger charge is 2.37. The fourth-order valence-corrected chi connectivity index (χ4v) is 3.64. The van der Waals surface area contributed by atoms with E-state index in [9.17, 15) is 0 Å². The van der Waals surface area contributed by atoms with Gasteiger partial charge in [-0.3, -0.25) is 4.90 Å². The first-order valence-electron chi connectivity index (χ1n) is 7.86. The number of piperidine rings is 1. The Labute approximate surface area is 129 Å². The third-order valence-corrected chi connectivity index (χ3v) is 4.66. The first-order valence-corrected chi connectivity index (χ1v) is 7.86. The van der Waals surface area contributed by atoms with Crippen molar-refractivity contribution in [3.63, 3.8) is 0 Å². The molecule has 2 aromatic rings. The summed E-state index contributed by atoms with van der Waals surface area (Å²) >= 11 is 0. The average molecular weight is 299 g/mol. The van der Waals surface area contributed by atoms with Gasteiger partial charge in [0.15, 0.2) is 0 Å². The van der Waals surface area contributed by atoms with Gasteiger partial charge >= 0.3 is 0 Å². The van der Waals surface area contributed by atoms with Crippen molar-refractivity contribution in [3.8, 4) is 0 Å². The van der Waals surface area contributed by atoms with Crippen LogP contribution in [0.15, 0.2) is 31.2 Å². The van der Waals surface area contributed by atoms with Crippen molar-refractivity contribution < 1.29 is 4.74 Å². The summed E-state index contributed by atoms with van der Waals surface area (Å²) in [5.74, 6) is 1.02. The van der Waals surface area contributed by atoms with Crippen molar-refractivity contribution in [2.24, 2.45) is 0 Å². The Morgan fingerprint density at radius 1 is 1.41 bits per heavy atom. The van der Waals surface area contributed by atoms with Gasteiger partial charge in [0.05, 0.1) is 24.1 Å². The van der Waals surface area contributed by atoms with Crippen molar-refractivity contribution in [2.45, 2.75) is 18.6 Å². The number of likely N-dealkylation sites (tertiary alicyclic amines) is 1. The Morgan fingerprint density at radius 3 is 3.27 bits per heavy atom. The molecule has 2 aliphatic rings. The highest BCUT2D eigenvalue weighted by atomic mass is 16.5. The van der Waals surface area contributed by atoms with Crippen LogP contribution in [0.2, 0.25) is 0 Å². The van der Waals surface area contributed by atoms with E-state index < -0.39 is 0 Å². The van der Waals surface area contributed by atoms with Crippen LogP contribution in [0.1, 0.15) is 6.42 Å². The lowest BCUT2D eigenvalue weighted by molar-refractivity contribution is -0.0270. The molecule has 2 saturated heterocycles. The van der Waals surface area contributed by atoms with Crippen LogP contribution in [-0.2, 0) is 4.74 Å². The third kappa shape index (κ3) is 2.28. The zero-order valence-electron chi connectivity index (χ0n) is 12.6. The second-order valence-electron chi connectivity index (χ2n) is 5.94. The minimum Gasteiger partial charge on any atom is -0.374 e. The Morgan fingerprint density at radius 2 is 2.36 bits per heavy atom. The number of nitrogens with zero attached hydrogens (tertiary/aromatic N) is 4. The summed E-state index contributed by atoms with van der Waals surface area (Å²) in [6.07, 6.45) is 6.90. The molecule has 1 N–H and O–H groups in total. The van der Waals surface area contributed by atoms with Crippen LogP contribution < -0.4 is 4.90 Å². The lowest BCUT2D eigenvalue weighted by Gasteiger charge is -2.47. The third-order valence-electron chi connectivity index (χ3n) is 4.66. The number of H-pyrrole nitrogens is 1. The van der Waals surface area contributed by atoms with Crippen molar-refractivity contribution >= 4 is 16.9 Å². The number of fused-ring (bicyclic) bond motifs is 2. The highest BCUT2D eigenvalue weighted by Crippen LogP contribution is 2.30. The van der Waals surface area contributed by atoms with Crippen molar-refractivity contribution in [1.82, 2.24) is 19.9 Å². The fourth-order valence-electron chi connectivity index (χ4n) is 3.64. The quantitative estimate of drug-likeness (QED) is 0.869. The summed E-state index contributed by atoms with van der Waals surface area (Å²) in [5, 5.41) is 1.09. The maximum Gasteiger partial charge on any atom is 0.142 e. The molecule has 2 unspecified atom stereocenters. The lowest BCUT2D eigenvalue weighted by Crippen LogP contribution is -2.60. The molecular formula is C16H21N5O. The molecule has 2 aliphatic heterocycles. The number of hydrogen-bond donors (Lipinski definition) is 1. The first kappa shape index (κ1) is 13.7. The van der Waals surface area contributed by atoms with Crippen LogP contribution >= 0.6 is 0 Å². The molecule has 0 amide bonds. The molecule has 2 fully saturated rings. The minimum absolute atomic E-state index is 0.291. The van der Waals surface area contributed by atoms with Crippen molar-refractivity contribution in [1.29, 1.82) is 0 Å². The zero-order valence-corrected chi connectivity index (χ0v) is 12.6. The highest BCUT2D eigenvalue weighted by molar-refractivity contribution is 5.87. The predicted octanol–water partition coefficient (Wildman–Crippen LogP) is 1.42. The van der Waals surface area contributed by atoms with E-state index in [4.69, 9.17) is 4.74 Å². The van der Waals surface area contributed by atoms with Gasteiger partial charge in [0.2, 0.25) is 0 Å². The molecular weight excluding hydrogens is 278 g/mol. The van der Waals surface area contributed by atoms with Crippen LogP contribution in [0.4, 0.5) is 5.82 Å². The molecule has 0 saturated carbocycles. The Kier molecular flexibility index (Phi) is 3.56. The van der Waals surface area contributed by atoms with Gasteiger partial charge in [-0.05, 0) is 12.5 Å². The van der Waals surface area contributed by atoms with Crippen LogP contribution in [0.25, 0.3) is 11.0 Å². The Hall–Kier alpha value is -1.92. The van der Waals surface area contributed by atoms with Gasteiger partial charge in [-0.1, -0.05) is 6.08 Å². The molecule has 22 heavy (non-hydrogen) atoms. The summed E-state index contributed by atoms with van der Waals surface area (Å²) in [6.45, 7) is 8.49. The van der Waals surface area contributed by atoms with E-state index >= 15 is 0 Å². The molecule has 6 nitrogen and oxygen atoms in total. The molecule has 4 heterocycles. The van der Waals surface area contributed by atoms with Crippen LogP contribution in [0, 0.1) is 0 Å². The molecule has 0 aromatic carbocycles. The summed E-state index contributed by atoms with van der Waals surface area (Å²) in [6, 6.07) is 2.40. The molecule has 0 spiro atoms. The zero-order chi connectivity index (χ0) is 14.9. The monoisotopic (exact) mass is 299 g/mol. The summed E-state index contributed by atoms with van der Waals surface area (Å²) < 4.78 is 6.01. The number of hydrogen-bond acceptors (Lipinski definition) is 5. The average Bonchev–Trinajstić information content (AvgIpc) is 3.03. The normalized spacial score (nSPS) is 26.1. The van der Waals surface area contributed by atoms with Crippen molar-refractivity contribution in [3.05, 3.63) is 31.2 Å². The van der Waals surface area contributed by atoms with Crippen molar-refractivity contribution in [2.75, 3.05) is 37.7 Å². The number of aromatic nitrogens is 3. The van der Waals surface area contributed by atoms with Gasteiger partial charge in [0.1, 0.15) is 17.8 Å². The second kappa shape index (κ2) is 5.70. The van der Waals surface area contributed by atoms with E-state index in [0.717, 1.165) is 56.1 Å². The Bertz CT molecular complexity index is 669. The maximum absolute atomic E-state index is 6.01. The van der Waals surface area contributed by atoms with Gasteiger partial charge in [0, 0.05) is 32.4 Å². The van der Waals surface area contributed by atoms with Crippen LogP contribution in [-0.4, -0.2) is 64.8 Å². The van der Waals surface area contributed by atoms with Gasteiger partial charge in [-0.15, -0.1) is 6.58 Å². The van der Waals surface area contributed by atoms with E-state index in [1.807, 2.05) is 12.3 Å². The molecule has 0 bridgehead atoms.